The van der Waals surface area contributed by atoms with Crippen molar-refractivity contribution in [2.75, 3.05) is 0 Å². The highest BCUT2D eigenvalue weighted by molar-refractivity contribution is 7.57. The second kappa shape index (κ2) is 5.88. The monoisotopic (exact) mass is 240 g/mol. The number of carboxylic acids is 1. The largest absolute Gasteiger partial charge is 0.667 e. The van der Waals surface area contributed by atoms with E-state index in [0.717, 1.165) is 0 Å². The lowest BCUT2D eigenvalue weighted by Gasteiger charge is -2.25. The Morgan fingerprint density at radius 1 is 1.00 bits per heavy atom. The van der Waals surface area contributed by atoms with E-state index in [1.807, 2.05) is 0 Å². The Balaban J connectivity index is 4.49. The summed E-state index contributed by atoms with van der Waals surface area (Å²) in [7, 11) is 0. The van der Waals surface area contributed by atoms with Crippen molar-refractivity contribution in [3.63, 3.8) is 0 Å². The molecule has 0 heterocycles. The summed E-state index contributed by atoms with van der Waals surface area (Å²) in [6.07, 6.45) is -8.79. The molecule has 0 aliphatic carbocycles. The van der Waals surface area contributed by atoms with E-state index in [0.29, 0.717) is 0 Å². The number of nitrogens with one attached hydrogen (secondary N) is 1. The van der Waals surface area contributed by atoms with Gasteiger partial charge in [0.25, 0.3) is 0 Å². The van der Waals surface area contributed by atoms with E-state index in [1.54, 1.807) is 4.72 Å². The number of carbonyl (C=O) groups is 2. The zero-order chi connectivity index (χ0) is 12.2. The van der Waals surface area contributed by atoms with Crippen LogP contribution in [0.4, 0.5) is 0 Å². The maximum atomic E-state index is 10.7. The van der Waals surface area contributed by atoms with E-state index >= 15 is 0 Å². The summed E-state index contributed by atoms with van der Waals surface area (Å²) < 4.78 is 1.56. The molecule has 6 N–H and O–H groups in total. The molecule has 0 radical (unpaired) electrons. The third-order valence-electron chi connectivity index (χ3n) is 1.62. The molecule has 0 spiro atoms. The third kappa shape index (κ3) is 3.64. The third-order valence-corrected chi connectivity index (χ3v) is 1.82. The number of aliphatic hydroxyl groups is 4. The predicted octanol–water partition coefficient (Wildman–Crippen LogP) is -3.91. The highest BCUT2D eigenvalue weighted by atomic mass is 32.1. The summed E-state index contributed by atoms with van der Waals surface area (Å²) >= 11 is 4.04. The van der Waals surface area contributed by atoms with E-state index < -0.39 is 36.3 Å². The quantitative estimate of drug-likeness (QED) is 0.267. The van der Waals surface area contributed by atoms with Crippen LogP contribution in [0.2, 0.25) is 0 Å². The number of hydrogen-bond donors (Lipinski definition) is 6. The van der Waals surface area contributed by atoms with Crippen molar-refractivity contribution < 1.29 is 35.1 Å². The van der Waals surface area contributed by atoms with Crippen LogP contribution in [-0.4, -0.2) is 61.8 Å². The van der Waals surface area contributed by atoms with Crippen LogP contribution in [0.15, 0.2) is 0 Å². The number of aliphatic hydroxyl groups excluding tert-OH is 4. The summed E-state index contributed by atoms with van der Waals surface area (Å²) in [5.74, 6) is -2.98. The fourth-order valence-corrected chi connectivity index (χ4v) is 0.856. The first kappa shape index (κ1) is 14.1. The van der Waals surface area contributed by atoms with Crippen molar-refractivity contribution in [2.24, 2.45) is 0 Å². The lowest BCUT2D eigenvalue weighted by atomic mass is 10.0. The van der Waals surface area contributed by atoms with E-state index in [4.69, 9.17) is 25.5 Å². The van der Waals surface area contributed by atoms with Gasteiger partial charge in [-0.15, -0.1) is 0 Å². The molecule has 15 heavy (non-hydrogen) atoms. The Morgan fingerprint density at radius 2 is 1.40 bits per heavy atom. The first-order chi connectivity index (χ1) is 6.82. The van der Waals surface area contributed by atoms with Gasteiger partial charge in [-0.3, -0.25) is 4.79 Å². The minimum Gasteiger partial charge on any atom is -0.667 e. The Hall–Kier alpha value is -0.870. The number of rotatable bonds is 5. The van der Waals surface area contributed by atoms with E-state index in [1.165, 1.54) is 0 Å². The molecule has 4 atom stereocenters. The van der Waals surface area contributed by atoms with Crippen molar-refractivity contribution in [3.05, 3.63) is 0 Å². The van der Waals surface area contributed by atoms with Gasteiger partial charge >= 0.3 is 5.97 Å². The molecular formula is C6H10NO7S-. The maximum absolute atomic E-state index is 10.7. The summed E-state index contributed by atoms with van der Waals surface area (Å²) in [5, 5.41) is 44.1. The number of aliphatic carboxylic acids is 1. The minimum absolute atomic E-state index is 1.19. The van der Waals surface area contributed by atoms with Gasteiger partial charge in [-0.05, 0) is 0 Å². The van der Waals surface area contributed by atoms with Gasteiger partial charge in [0.1, 0.15) is 12.2 Å². The molecule has 0 aromatic carbocycles. The molecule has 3 unspecified atom stereocenters. The summed E-state index contributed by atoms with van der Waals surface area (Å²) in [6.45, 7) is 0. The Kier molecular flexibility index (Phi) is 5.54. The van der Waals surface area contributed by atoms with Crippen LogP contribution in [0.5, 0.6) is 0 Å². The highest BCUT2D eigenvalue weighted by Gasteiger charge is 2.36. The van der Waals surface area contributed by atoms with Crippen LogP contribution in [0.25, 0.3) is 0 Å². The SMILES string of the molecule is O=C(N[S-])C(O)C(O)C(O)[C@@H](O)C(=O)O. The van der Waals surface area contributed by atoms with Crippen molar-refractivity contribution in [3.8, 4) is 0 Å². The summed E-state index contributed by atoms with van der Waals surface area (Å²) in [5.41, 5.74) is 0. The van der Waals surface area contributed by atoms with Gasteiger partial charge in [0.05, 0.1) is 0 Å². The van der Waals surface area contributed by atoms with Gasteiger partial charge in [-0.1, -0.05) is 0 Å². The van der Waals surface area contributed by atoms with Gasteiger partial charge in [-0.2, -0.15) is 0 Å². The Labute approximate surface area is 89.7 Å². The van der Waals surface area contributed by atoms with Crippen LogP contribution in [0.3, 0.4) is 0 Å². The number of carbonyl (C=O) groups excluding carboxylic acids is 1. The molecule has 0 saturated heterocycles. The molecule has 0 aliphatic rings. The molecule has 9 heteroatoms. The Morgan fingerprint density at radius 3 is 1.73 bits per heavy atom. The molecule has 0 aromatic heterocycles. The molecule has 0 bridgehead atoms. The van der Waals surface area contributed by atoms with Crippen LogP contribution >= 0.6 is 0 Å². The number of amides is 1. The molecule has 88 valence electrons. The summed E-state index contributed by atoms with van der Waals surface area (Å²) in [4.78, 5) is 20.9. The topological polar surface area (TPSA) is 147 Å². The first-order valence-corrected chi connectivity index (χ1v) is 4.10. The average molecular weight is 240 g/mol. The van der Waals surface area contributed by atoms with Crippen LogP contribution in [0.1, 0.15) is 0 Å². The zero-order valence-corrected chi connectivity index (χ0v) is 8.09. The van der Waals surface area contributed by atoms with Crippen LogP contribution in [-0.2, 0) is 22.4 Å². The lowest BCUT2D eigenvalue weighted by Crippen LogP contribution is -2.51. The molecule has 0 aliphatic heterocycles. The van der Waals surface area contributed by atoms with Gasteiger partial charge in [0.2, 0.25) is 5.91 Å². The summed E-state index contributed by atoms with van der Waals surface area (Å²) in [6, 6.07) is 0. The molecule has 0 rings (SSSR count). The maximum Gasteiger partial charge on any atom is 0.335 e. The van der Waals surface area contributed by atoms with E-state index in [9.17, 15) is 9.59 Å². The van der Waals surface area contributed by atoms with Gasteiger partial charge < -0.3 is 43.1 Å². The minimum atomic E-state index is -2.31. The van der Waals surface area contributed by atoms with Gasteiger partial charge in [-0.25, -0.2) is 4.79 Å². The molecule has 0 saturated carbocycles. The molecule has 0 fully saturated rings. The lowest BCUT2D eigenvalue weighted by molar-refractivity contribution is -0.165. The fraction of sp³-hybridized carbons (Fsp3) is 0.667. The van der Waals surface area contributed by atoms with E-state index in [2.05, 4.69) is 12.8 Å². The fourth-order valence-electron chi connectivity index (χ4n) is 0.735. The van der Waals surface area contributed by atoms with E-state index in [-0.39, 0.29) is 0 Å². The van der Waals surface area contributed by atoms with Crippen molar-refractivity contribution in [2.45, 2.75) is 24.4 Å². The Bertz CT molecular complexity index is 248. The van der Waals surface area contributed by atoms with Crippen LogP contribution in [0, 0.1) is 0 Å². The predicted molar refractivity (Wildman–Crippen MR) is 47.2 cm³/mol. The second-order valence-corrected chi connectivity index (χ2v) is 2.88. The molecule has 1 amide bonds. The average Bonchev–Trinajstić information content (AvgIpc) is 2.23. The molecular weight excluding hydrogens is 230 g/mol. The second-order valence-electron chi connectivity index (χ2n) is 2.68. The normalized spacial score (nSPS) is 18.7. The smallest absolute Gasteiger partial charge is 0.335 e. The first-order valence-electron chi connectivity index (χ1n) is 3.70. The standard InChI is InChI=1S/C6H10NO7S/c8-1(3(10)5(12)7-15)2(9)4(11)6(13)14/h1-4,8-11H,(H2-,7,12,13,14,15)/q-1/t1?,2?,3?,4-/m1/s1. The van der Waals surface area contributed by atoms with Crippen LogP contribution < -0.4 is 4.72 Å². The number of hydrogen-bond acceptors (Lipinski definition) is 7. The zero-order valence-electron chi connectivity index (χ0n) is 7.27. The van der Waals surface area contributed by atoms with Gasteiger partial charge in [0.15, 0.2) is 12.2 Å². The van der Waals surface area contributed by atoms with Crippen molar-refractivity contribution in [1.29, 1.82) is 0 Å². The molecule has 0 aromatic rings. The number of carboxylic acid groups (broad SMARTS) is 1. The molecule has 8 nitrogen and oxygen atoms in total. The highest BCUT2D eigenvalue weighted by Crippen LogP contribution is 2.05. The van der Waals surface area contributed by atoms with Crippen molar-refractivity contribution in [1.82, 2.24) is 4.72 Å². The van der Waals surface area contributed by atoms with Crippen molar-refractivity contribution >= 4 is 24.7 Å². The van der Waals surface area contributed by atoms with Gasteiger partial charge in [0, 0.05) is 0 Å².